The summed E-state index contributed by atoms with van der Waals surface area (Å²) in [6.45, 7) is 10.8. The van der Waals surface area contributed by atoms with Gasteiger partial charge in [-0.1, -0.05) is 32.9 Å². The van der Waals surface area contributed by atoms with Crippen molar-refractivity contribution in [2.75, 3.05) is 18.0 Å². The standard InChI is InChI=1S/C13H22N6/c1-9(2)6-19(7-10(3)4)13-11-12(14-8-15-13)18(5)17-16-11/h8-10H,6-7H2,1-5H3. The lowest BCUT2D eigenvalue weighted by atomic mass is 10.1. The number of nitrogens with zero attached hydrogens (tertiary/aromatic N) is 6. The molecule has 0 aliphatic heterocycles. The molecule has 0 atom stereocenters. The lowest BCUT2D eigenvalue weighted by Gasteiger charge is -2.27. The summed E-state index contributed by atoms with van der Waals surface area (Å²) in [5, 5.41) is 8.23. The third-order valence-corrected chi connectivity index (χ3v) is 2.84. The Kier molecular flexibility index (Phi) is 3.97. The van der Waals surface area contributed by atoms with Gasteiger partial charge >= 0.3 is 0 Å². The Morgan fingerprint density at radius 3 is 2.32 bits per heavy atom. The summed E-state index contributed by atoms with van der Waals surface area (Å²) in [4.78, 5) is 11.0. The van der Waals surface area contributed by atoms with Crippen LogP contribution in [0, 0.1) is 11.8 Å². The SMILES string of the molecule is CC(C)CN(CC(C)C)c1ncnc2c1nnn2C. The van der Waals surface area contributed by atoms with Crippen molar-refractivity contribution in [2.24, 2.45) is 18.9 Å². The number of rotatable bonds is 5. The van der Waals surface area contributed by atoms with Crippen molar-refractivity contribution in [1.82, 2.24) is 25.0 Å². The van der Waals surface area contributed by atoms with E-state index in [0.29, 0.717) is 11.8 Å². The monoisotopic (exact) mass is 262 g/mol. The van der Waals surface area contributed by atoms with E-state index >= 15 is 0 Å². The lowest BCUT2D eigenvalue weighted by molar-refractivity contribution is 0.549. The van der Waals surface area contributed by atoms with Gasteiger partial charge in [0.05, 0.1) is 0 Å². The van der Waals surface area contributed by atoms with Gasteiger partial charge in [-0.15, -0.1) is 5.10 Å². The molecule has 19 heavy (non-hydrogen) atoms. The fourth-order valence-corrected chi connectivity index (χ4v) is 2.20. The Bertz CT molecular complexity index is 535. The summed E-state index contributed by atoms with van der Waals surface area (Å²) in [6, 6.07) is 0. The summed E-state index contributed by atoms with van der Waals surface area (Å²) < 4.78 is 1.68. The largest absolute Gasteiger partial charge is 0.354 e. The van der Waals surface area contributed by atoms with Gasteiger partial charge in [0.25, 0.3) is 0 Å². The number of hydrogen-bond acceptors (Lipinski definition) is 5. The molecule has 2 heterocycles. The number of fused-ring (bicyclic) bond motifs is 1. The first kappa shape index (κ1) is 13.7. The molecular weight excluding hydrogens is 240 g/mol. The Balaban J connectivity index is 2.42. The fraction of sp³-hybridized carbons (Fsp3) is 0.692. The van der Waals surface area contributed by atoms with Gasteiger partial charge in [-0.3, -0.25) is 0 Å². The van der Waals surface area contributed by atoms with E-state index in [1.54, 1.807) is 11.0 Å². The molecule has 0 amide bonds. The molecule has 0 saturated carbocycles. The smallest absolute Gasteiger partial charge is 0.183 e. The molecule has 104 valence electrons. The normalized spacial score (nSPS) is 11.7. The molecule has 0 saturated heterocycles. The van der Waals surface area contributed by atoms with Crippen molar-refractivity contribution in [1.29, 1.82) is 0 Å². The number of aromatic nitrogens is 5. The van der Waals surface area contributed by atoms with Crippen LogP contribution in [0.1, 0.15) is 27.7 Å². The van der Waals surface area contributed by atoms with Gasteiger partial charge < -0.3 is 4.90 Å². The predicted molar refractivity (Wildman–Crippen MR) is 76.0 cm³/mol. The maximum Gasteiger partial charge on any atom is 0.183 e. The van der Waals surface area contributed by atoms with Gasteiger partial charge in [-0.25, -0.2) is 14.6 Å². The molecule has 0 spiro atoms. The second kappa shape index (κ2) is 5.50. The first-order valence-electron chi connectivity index (χ1n) is 6.74. The van der Waals surface area contributed by atoms with E-state index in [9.17, 15) is 0 Å². The Morgan fingerprint density at radius 1 is 1.11 bits per heavy atom. The highest BCUT2D eigenvalue weighted by molar-refractivity contribution is 5.82. The molecule has 0 radical (unpaired) electrons. The van der Waals surface area contributed by atoms with Crippen LogP contribution in [-0.2, 0) is 7.05 Å². The van der Waals surface area contributed by atoms with Gasteiger partial charge in [0.2, 0.25) is 0 Å². The van der Waals surface area contributed by atoms with Gasteiger partial charge in [0.1, 0.15) is 6.33 Å². The van der Waals surface area contributed by atoms with Crippen LogP contribution in [0.15, 0.2) is 6.33 Å². The molecular formula is C13H22N6. The minimum Gasteiger partial charge on any atom is -0.354 e. The quantitative estimate of drug-likeness (QED) is 0.823. The van der Waals surface area contributed by atoms with E-state index in [2.05, 4.69) is 52.9 Å². The summed E-state index contributed by atoms with van der Waals surface area (Å²) in [5.74, 6) is 2.03. The minimum atomic E-state index is 0.570. The molecule has 0 bridgehead atoms. The van der Waals surface area contributed by atoms with E-state index in [0.717, 1.165) is 30.1 Å². The third-order valence-electron chi connectivity index (χ3n) is 2.84. The van der Waals surface area contributed by atoms with E-state index in [-0.39, 0.29) is 0 Å². The zero-order valence-electron chi connectivity index (χ0n) is 12.3. The van der Waals surface area contributed by atoms with Crippen LogP contribution in [0.2, 0.25) is 0 Å². The van der Waals surface area contributed by atoms with E-state index in [4.69, 9.17) is 0 Å². The first-order chi connectivity index (χ1) is 8.99. The predicted octanol–water partition coefficient (Wildman–Crippen LogP) is 1.88. The van der Waals surface area contributed by atoms with Crippen molar-refractivity contribution < 1.29 is 0 Å². The Morgan fingerprint density at radius 2 is 1.74 bits per heavy atom. The van der Waals surface area contributed by atoms with Crippen LogP contribution in [0.5, 0.6) is 0 Å². The zero-order chi connectivity index (χ0) is 14.0. The minimum absolute atomic E-state index is 0.570. The van der Waals surface area contributed by atoms with Crippen molar-refractivity contribution >= 4 is 17.0 Å². The van der Waals surface area contributed by atoms with Gasteiger partial charge in [-0.05, 0) is 11.8 Å². The third kappa shape index (κ3) is 3.00. The summed E-state index contributed by atoms with van der Waals surface area (Å²) in [5.41, 5.74) is 1.56. The topological polar surface area (TPSA) is 59.7 Å². The molecule has 6 nitrogen and oxygen atoms in total. The summed E-state index contributed by atoms with van der Waals surface area (Å²) in [7, 11) is 1.85. The molecule has 2 aromatic heterocycles. The second-order valence-electron chi connectivity index (χ2n) is 5.78. The van der Waals surface area contributed by atoms with Crippen LogP contribution in [0.3, 0.4) is 0 Å². The zero-order valence-corrected chi connectivity index (χ0v) is 12.3. The highest BCUT2D eigenvalue weighted by atomic mass is 15.4. The Labute approximate surface area is 113 Å². The average Bonchev–Trinajstić information content (AvgIpc) is 2.69. The van der Waals surface area contributed by atoms with Crippen molar-refractivity contribution in [2.45, 2.75) is 27.7 Å². The van der Waals surface area contributed by atoms with Gasteiger partial charge in [-0.2, -0.15) is 0 Å². The summed E-state index contributed by atoms with van der Waals surface area (Å²) >= 11 is 0. The van der Waals surface area contributed by atoms with E-state index in [1.807, 2.05) is 7.05 Å². The van der Waals surface area contributed by atoms with Crippen LogP contribution in [0.4, 0.5) is 5.82 Å². The second-order valence-corrected chi connectivity index (χ2v) is 5.78. The Hall–Kier alpha value is -1.72. The maximum absolute atomic E-state index is 4.43. The van der Waals surface area contributed by atoms with Crippen LogP contribution in [-0.4, -0.2) is 38.1 Å². The van der Waals surface area contributed by atoms with Crippen LogP contribution in [0.25, 0.3) is 11.2 Å². The van der Waals surface area contributed by atoms with Crippen molar-refractivity contribution in [3.63, 3.8) is 0 Å². The highest BCUT2D eigenvalue weighted by Crippen LogP contribution is 2.21. The summed E-state index contributed by atoms with van der Waals surface area (Å²) in [6.07, 6.45) is 1.59. The molecule has 2 aromatic rings. The van der Waals surface area contributed by atoms with Crippen LogP contribution < -0.4 is 4.90 Å². The lowest BCUT2D eigenvalue weighted by Crippen LogP contribution is -2.32. The molecule has 2 rings (SSSR count). The molecule has 0 fully saturated rings. The van der Waals surface area contributed by atoms with Crippen molar-refractivity contribution in [3.8, 4) is 0 Å². The number of anilines is 1. The van der Waals surface area contributed by atoms with E-state index in [1.165, 1.54) is 0 Å². The molecule has 6 heteroatoms. The first-order valence-corrected chi connectivity index (χ1v) is 6.74. The maximum atomic E-state index is 4.43. The molecule has 0 aromatic carbocycles. The van der Waals surface area contributed by atoms with Crippen molar-refractivity contribution in [3.05, 3.63) is 6.33 Å². The molecule has 0 aliphatic rings. The van der Waals surface area contributed by atoms with Crippen LogP contribution >= 0.6 is 0 Å². The molecule has 0 aliphatic carbocycles. The fourth-order valence-electron chi connectivity index (χ4n) is 2.20. The van der Waals surface area contributed by atoms with Gasteiger partial charge in [0.15, 0.2) is 17.0 Å². The number of hydrogen-bond donors (Lipinski definition) is 0. The van der Waals surface area contributed by atoms with E-state index < -0.39 is 0 Å². The number of aryl methyl sites for hydroxylation is 1. The molecule has 0 N–H and O–H groups in total. The molecule has 0 unspecified atom stereocenters. The average molecular weight is 262 g/mol. The highest BCUT2D eigenvalue weighted by Gasteiger charge is 2.18. The van der Waals surface area contributed by atoms with Gasteiger partial charge in [0, 0.05) is 20.1 Å².